The maximum absolute atomic E-state index is 5.47. The summed E-state index contributed by atoms with van der Waals surface area (Å²) in [5, 5.41) is 12.2. The van der Waals surface area contributed by atoms with Crippen molar-refractivity contribution in [1.29, 1.82) is 0 Å². The molecule has 0 spiro atoms. The number of nitrogens with zero attached hydrogens (tertiary/aromatic N) is 2. The highest BCUT2D eigenvalue weighted by molar-refractivity contribution is 5.25. The molecule has 4 nitrogen and oxygen atoms in total. The van der Waals surface area contributed by atoms with Gasteiger partial charge < -0.3 is 10.1 Å². The molecule has 0 bridgehead atoms. The number of aryl methyl sites for hydroxylation is 2. The molecule has 1 aliphatic heterocycles. The first-order valence-electron chi connectivity index (χ1n) is 7.88. The van der Waals surface area contributed by atoms with Crippen molar-refractivity contribution < 1.29 is 4.74 Å². The Kier molecular flexibility index (Phi) is 5.92. The Morgan fingerprint density at radius 3 is 2.70 bits per heavy atom. The van der Waals surface area contributed by atoms with Gasteiger partial charge in [0.1, 0.15) is 0 Å². The smallest absolute Gasteiger partial charge is 0.0676 e. The van der Waals surface area contributed by atoms with E-state index in [1.807, 2.05) is 6.92 Å². The monoisotopic (exact) mass is 277 g/mol. The van der Waals surface area contributed by atoms with Crippen LogP contribution in [-0.4, -0.2) is 30.0 Å². The van der Waals surface area contributed by atoms with E-state index < -0.39 is 0 Å². The molecule has 1 aliphatic rings. The van der Waals surface area contributed by atoms with Gasteiger partial charge in [-0.15, -0.1) is 0 Å². The van der Waals surface area contributed by atoms with Crippen LogP contribution in [0.25, 0.3) is 0 Å². The minimum atomic E-state index is 0.396. The SMILES string of the molecule is CCNC(CC1CCOCC1)c1cc(C)nnc1CC. The molecule has 0 amide bonds. The van der Waals surface area contributed by atoms with Gasteiger partial charge in [-0.1, -0.05) is 13.8 Å². The predicted molar refractivity (Wildman–Crippen MR) is 80.7 cm³/mol. The standard InChI is InChI=1S/C16H27N3O/c1-4-15-14(10-12(3)18-19-15)16(17-5-2)11-13-6-8-20-9-7-13/h10,13,16-17H,4-9,11H2,1-3H3. The van der Waals surface area contributed by atoms with Crippen LogP contribution in [0.15, 0.2) is 6.07 Å². The molecule has 1 fully saturated rings. The fourth-order valence-corrected chi connectivity index (χ4v) is 2.99. The van der Waals surface area contributed by atoms with Crippen molar-refractivity contribution >= 4 is 0 Å². The normalized spacial score (nSPS) is 18.1. The predicted octanol–water partition coefficient (Wildman–Crippen LogP) is 2.81. The van der Waals surface area contributed by atoms with E-state index in [1.54, 1.807) is 0 Å². The van der Waals surface area contributed by atoms with Crippen LogP contribution in [0.2, 0.25) is 0 Å². The lowest BCUT2D eigenvalue weighted by molar-refractivity contribution is 0.0605. The summed E-state index contributed by atoms with van der Waals surface area (Å²) in [5.74, 6) is 0.756. The van der Waals surface area contributed by atoms with Crippen molar-refractivity contribution in [3.05, 3.63) is 23.0 Å². The molecule has 20 heavy (non-hydrogen) atoms. The van der Waals surface area contributed by atoms with E-state index in [-0.39, 0.29) is 0 Å². The number of aromatic nitrogens is 2. The van der Waals surface area contributed by atoms with Gasteiger partial charge in [0, 0.05) is 19.3 Å². The summed E-state index contributed by atoms with van der Waals surface area (Å²) in [4.78, 5) is 0. The second kappa shape index (κ2) is 7.70. The second-order valence-electron chi connectivity index (χ2n) is 5.64. The Bertz CT molecular complexity index is 416. The third-order valence-electron chi connectivity index (χ3n) is 4.10. The first-order valence-corrected chi connectivity index (χ1v) is 7.88. The summed E-state index contributed by atoms with van der Waals surface area (Å²) in [6.07, 6.45) is 4.48. The van der Waals surface area contributed by atoms with Crippen LogP contribution in [0.1, 0.15) is 56.1 Å². The van der Waals surface area contributed by atoms with E-state index in [4.69, 9.17) is 4.74 Å². The van der Waals surface area contributed by atoms with Crippen LogP contribution in [0.5, 0.6) is 0 Å². The van der Waals surface area contributed by atoms with Gasteiger partial charge >= 0.3 is 0 Å². The highest BCUT2D eigenvalue weighted by atomic mass is 16.5. The van der Waals surface area contributed by atoms with Crippen molar-refractivity contribution in [3.8, 4) is 0 Å². The molecule has 2 rings (SSSR count). The summed E-state index contributed by atoms with van der Waals surface area (Å²) in [6.45, 7) is 9.16. The maximum atomic E-state index is 5.47. The summed E-state index contributed by atoms with van der Waals surface area (Å²) in [5.41, 5.74) is 3.48. The van der Waals surface area contributed by atoms with Crippen LogP contribution in [0.3, 0.4) is 0 Å². The van der Waals surface area contributed by atoms with Crippen molar-refractivity contribution in [1.82, 2.24) is 15.5 Å². The van der Waals surface area contributed by atoms with Gasteiger partial charge in [0.2, 0.25) is 0 Å². The van der Waals surface area contributed by atoms with Crippen molar-refractivity contribution in [2.45, 2.75) is 52.5 Å². The van der Waals surface area contributed by atoms with Crippen LogP contribution < -0.4 is 5.32 Å². The fraction of sp³-hybridized carbons (Fsp3) is 0.750. The van der Waals surface area contributed by atoms with Crippen LogP contribution in [-0.2, 0) is 11.2 Å². The zero-order chi connectivity index (χ0) is 14.4. The molecular formula is C16H27N3O. The Morgan fingerprint density at radius 1 is 1.30 bits per heavy atom. The van der Waals surface area contributed by atoms with E-state index in [9.17, 15) is 0 Å². The number of hydrogen-bond donors (Lipinski definition) is 1. The summed E-state index contributed by atoms with van der Waals surface area (Å²) >= 11 is 0. The minimum Gasteiger partial charge on any atom is -0.381 e. The van der Waals surface area contributed by atoms with Crippen molar-refractivity contribution in [3.63, 3.8) is 0 Å². The summed E-state index contributed by atoms with van der Waals surface area (Å²) in [6, 6.07) is 2.60. The molecule has 1 aromatic rings. The minimum absolute atomic E-state index is 0.396. The second-order valence-corrected chi connectivity index (χ2v) is 5.64. The van der Waals surface area contributed by atoms with Gasteiger partial charge in [-0.05, 0) is 56.7 Å². The molecule has 1 atom stereocenters. The Labute approximate surface area is 122 Å². The lowest BCUT2D eigenvalue weighted by atomic mass is 9.88. The third-order valence-corrected chi connectivity index (χ3v) is 4.10. The quantitative estimate of drug-likeness (QED) is 0.868. The lowest BCUT2D eigenvalue weighted by Gasteiger charge is -2.28. The average Bonchev–Trinajstić information content (AvgIpc) is 2.48. The van der Waals surface area contributed by atoms with E-state index in [0.717, 1.165) is 43.5 Å². The van der Waals surface area contributed by atoms with Crippen LogP contribution in [0.4, 0.5) is 0 Å². The van der Waals surface area contributed by atoms with Gasteiger partial charge in [0.15, 0.2) is 0 Å². The van der Waals surface area contributed by atoms with Crippen LogP contribution >= 0.6 is 0 Å². The van der Waals surface area contributed by atoms with Gasteiger partial charge in [0.25, 0.3) is 0 Å². The number of nitrogens with one attached hydrogen (secondary N) is 1. The van der Waals surface area contributed by atoms with Gasteiger partial charge in [-0.2, -0.15) is 10.2 Å². The zero-order valence-electron chi connectivity index (χ0n) is 13.0. The molecule has 2 heterocycles. The molecular weight excluding hydrogens is 250 g/mol. The molecule has 4 heteroatoms. The van der Waals surface area contributed by atoms with Crippen molar-refractivity contribution in [2.24, 2.45) is 5.92 Å². The van der Waals surface area contributed by atoms with Gasteiger partial charge in [-0.25, -0.2) is 0 Å². The molecule has 1 N–H and O–H groups in total. The number of hydrogen-bond acceptors (Lipinski definition) is 4. The lowest BCUT2D eigenvalue weighted by Crippen LogP contribution is -2.27. The molecule has 1 saturated heterocycles. The summed E-state index contributed by atoms with van der Waals surface area (Å²) in [7, 11) is 0. The van der Waals surface area contributed by atoms with E-state index in [1.165, 1.54) is 24.8 Å². The van der Waals surface area contributed by atoms with Crippen molar-refractivity contribution in [2.75, 3.05) is 19.8 Å². The summed E-state index contributed by atoms with van der Waals surface area (Å²) < 4.78 is 5.47. The van der Waals surface area contributed by atoms with E-state index >= 15 is 0 Å². The van der Waals surface area contributed by atoms with E-state index in [2.05, 4.69) is 35.4 Å². The Morgan fingerprint density at radius 2 is 2.05 bits per heavy atom. The molecule has 0 aliphatic carbocycles. The molecule has 1 unspecified atom stereocenters. The molecule has 112 valence electrons. The molecule has 0 saturated carbocycles. The topological polar surface area (TPSA) is 47.0 Å². The molecule has 0 aromatic carbocycles. The van der Waals surface area contributed by atoms with Gasteiger partial charge in [-0.3, -0.25) is 0 Å². The van der Waals surface area contributed by atoms with Gasteiger partial charge in [0.05, 0.1) is 11.4 Å². The highest BCUT2D eigenvalue weighted by Crippen LogP contribution is 2.29. The Balaban J connectivity index is 2.16. The van der Waals surface area contributed by atoms with Crippen LogP contribution in [0, 0.1) is 12.8 Å². The highest BCUT2D eigenvalue weighted by Gasteiger charge is 2.22. The number of ether oxygens (including phenoxy) is 1. The average molecular weight is 277 g/mol. The Hall–Kier alpha value is -1.00. The molecule has 1 aromatic heterocycles. The third kappa shape index (κ3) is 4.00. The zero-order valence-corrected chi connectivity index (χ0v) is 13.0. The first-order chi connectivity index (χ1) is 9.74. The van der Waals surface area contributed by atoms with E-state index in [0.29, 0.717) is 6.04 Å². The first kappa shape index (κ1) is 15.4. The molecule has 0 radical (unpaired) electrons. The fourth-order valence-electron chi connectivity index (χ4n) is 2.99. The number of rotatable bonds is 6. The largest absolute Gasteiger partial charge is 0.381 e. The maximum Gasteiger partial charge on any atom is 0.0676 e.